The van der Waals surface area contributed by atoms with E-state index in [1.54, 1.807) is 6.92 Å². The van der Waals surface area contributed by atoms with E-state index in [4.69, 9.17) is 27.6 Å². The molecule has 0 bridgehead atoms. The quantitative estimate of drug-likeness (QED) is 0.475. The molecule has 1 aromatic heterocycles. The maximum Gasteiger partial charge on any atom is 0.272 e. The molecule has 0 saturated carbocycles. The van der Waals surface area contributed by atoms with E-state index >= 15 is 0 Å². The Morgan fingerprint density at radius 3 is 2.33 bits per heavy atom. The Bertz CT molecular complexity index is 874. The van der Waals surface area contributed by atoms with Gasteiger partial charge in [-0.15, -0.1) is 10.2 Å². The first-order valence-electron chi connectivity index (χ1n) is 6.99. The van der Waals surface area contributed by atoms with E-state index in [0.717, 1.165) is 5.56 Å². The number of nitro benzene ring substituents is 1. The molecule has 0 aliphatic carbocycles. The van der Waals surface area contributed by atoms with Gasteiger partial charge < -0.3 is 4.42 Å². The van der Waals surface area contributed by atoms with Gasteiger partial charge in [-0.25, -0.2) is 0 Å². The number of aromatic nitrogens is 2. The summed E-state index contributed by atoms with van der Waals surface area (Å²) < 4.78 is 5.70. The lowest BCUT2D eigenvalue weighted by molar-refractivity contribution is -0.384. The second-order valence-corrected chi connectivity index (χ2v) is 5.93. The predicted molar refractivity (Wildman–Crippen MR) is 90.4 cm³/mol. The van der Waals surface area contributed by atoms with Crippen LogP contribution in [-0.4, -0.2) is 15.1 Å². The van der Waals surface area contributed by atoms with E-state index in [2.05, 4.69) is 10.2 Å². The maximum absolute atomic E-state index is 10.9. The summed E-state index contributed by atoms with van der Waals surface area (Å²) in [6.45, 7) is 1.79. The Morgan fingerprint density at radius 1 is 1.12 bits per heavy atom. The van der Waals surface area contributed by atoms with Crippen molar-refractivity contribution in [3.63, 3.8) is 0 Å². The van der Waals surface area contributed by atoms with Crippen molar-refractivity contribution in [1.29, 1.82) is 0 Å². The highest BCUT2D eigenvalue weighted by Gasteiger charge is 2.24. The van der Waals surface area contributed by atoms with Gasteiger partial charge in [0.25, 0.3) is 5.69 Å². The zero-order valence-electron chi connectivity index (χ0n) is 12.4. The van der Waals surface area contributed by atoms with Crippen molar-refractivity contribution in [3.8, 4) is 11.5 Å². The smallest absolute Gasteiger partial charge is 0.272 e. The highest BCUT2D eigenvalue weighted by molar-refractivity contribution is 6.36. The van der Waals surface area contributed by atoms with Crippen molar-refractivity contribution >= 4 is 28.9 Å². The Kier molecular flexibility index (Phi) is 4.51. The third-order valence-electron chi connectivity index (χ3n) is 3.54. The van der Waals surface area contributed by atoms with Crippen molar-refractivity contribution in [2.24, 2.45) is 0 Å². The second kappa shape index (κ2) is 6.59. The molecule has 0 aliphatic heterocycles. The van der Waals surface area contributed by atoms with Crippen LogP contribution < -0.4 is 0 Å². The fourth-order valence-corrected chi connectivity index (χ4v) is 3.12. The van der Waals surface area contributed by atoms with Crippen LogP contribution >= 0.6 is 23.2 Å². The predicted octanol–water partition coefficient (Wildman–Crippen LogP) is 5.10. The zero-order chi connectivity index (χ0) is 17.3. The van der Waals surface area contributed by atoms with Gasteiger partial charge in [-0.1, -0.05) is 41.4 Å². The Labute approximate surface area is 147 Å². The topological polar surface area (TPSA) is 82.1 Å². The lowest BCUT2D eigenvalue weighted by Crippen LogP contribution is -2.00. The Balaban J connectivity index is 1.97. The van der Waals surface area contributed by atoms with Crippen LogP contribution in [0.15, 0.2) is 46.9 Å². The minimum atomic E-state index is -0.549. The minimum absolute atomic E-state index is 0.170. The average molecular weight is 364 g/mol. The third-order valence-corrected chi connectivity index (χ3v) is 4.16. The molecule has 3 rings (SSSR count). The van der Waals surface area contributed by atoms with Gasteiger partial charge in [0, 0.05) is 23.3 Å². The summed E-state index contributed by atoms with van der Waals surface area (Å²) in [5, 5.41) is 19.3. The highest BCUT2D eigenvalue weighted by Crippen LogP contribution is 2.38. The lowest BCUT2D eigenvalue weighted by Gasteiger charge is -2.11. The van der Waals surface area contributed by atoms with Crippen LogP contribution in [0, 0.1) is 10.1 Å². The second-order valence-electron chi connectivity index (χ2n) is 5.11. The van der Waals surface area contributed by atoms with Gasteiger partial charge in [0.15, 0.2) is 0 Å². The van der Waals surface area contributed by atoms with Crippen molar-refractivity contribution in [2.45, 2.75) is 12.8 Å². The van der Waals surface area contributed by atoms with Crippen LogP contribution in [0.5, 0.6) is 0 Å². The molecule has 1 heterocycles. The Hall–Kier alpha value is -2.44. The van der Waals surface area contributed by atoms with Gasteiger partial charge >= 0.3 is 0 Å². The van der Waals surface area contributed by atoms with Gasteiger partial charge in [0.05, 0.1) is 20.9 Å². The summed E-state index contributed by atoms with van der Waals surface area (Å²) in [5.41, 5.74) is 1.13. The SMILES string of the molecule is CC(c1nnc(-c2ccccc2)o1)c1c(Cl)cc([N+](=O)[O-])cc1Cl. The standard InChI is InChI=1S/C16H11Cl2N3O3/c1-9(14-12(17)7-11(21(22)23)8-13(14)18)15-19-20-16(24-15)10-5-3-2-4-6-10/h2-9H,1H3. The monoisotopic (exact) mass is 363 g/mol. The molecule has 0 amide bonds. The molecule has 24 heavy (non-hydrogen) atoms. The van der Waals surface area contributed by atoms with Crippen LogP contribution in [0.3, 0.4) is 0 Å². The molecule has 1 unspecified atom stereocenters. The van der Waals surface area contributed by atoms with Crippen LogP contribution in [0.1, 0.15) is 24.3 Å². The summed E-state index contributed by atoms with van der Waals surface area (Å²) >= 11 is 12.3. The normalized spacial score (nSPS) is 12.1. The summed E-state index contributed by atoms with van der Waals surface area (Å²) in [6, 6.07) is 11.8. The molecule has 0 aliphatic rings. The number of nitro groups is 1. The highest BCUT2D eigenvalue weighted by atomic mass is 35.5. The van der Waals surface area contributed by atoms with Crippen LogP contribution in [0.2, 0.25) is 10.0 Å². The number of non-ortho nitro benzene ring substituents is 1. The fraction of sp³-hybridized carbons (Fsp3) is 0.125. The molecule has 1 atom stereocenters. The van der Waals surface area contributed by atoms with Gasteiger partial charge in [-0.3, -0.25) is 10.1 Å². The molecule has 122 valence electrons. The summed E-state index contributed by atoms with van der Waals surface area (Å²) in [7, 11) is 0. The molecule has 3 aromatic rings. The van der Waals surface area contributed by atoms with Crippen molar-refractivity contribution in [2.75, 3.05) is 0 Å². The first-order chi connectivity index (χ1) is 11.5. The Morgan fingerprint density at radius 2 is 1.75 bits per heavy atom. The van der Waals surface area contributed by atoms with Crippen molar-refractivity contribution in [3.05, 3.63) is 74.1 Å². The van der Waals surface area contributed by atoms with E-state index in [0.29, 0.717) is 17.3 Å². The van der Waals surface area contributed by atoms with Crippen LogP contribution in [0.25, 0.3) is 11.5 Å². The largest absolute Gasteiger partial charge is 0.420 e. The molecule has 0 spiro atoms. The molecule has 0 fully saturated rings. The van der Waals surface area contributed by atoms with Crippen molar-refractivity contribution < 1.29 is 9.34 Å². The molecule has 0 N–H and O–H groups in total. The van der Waals surface area contributed by atoms with Gasteiger partial charge in [0.1, 0.15) is 0 Å². The summed E-state index contributed by atoms with van der Waals surface area (Å²) in [4.78, 5) is 10.3. The van der Waals surface area contributed by atoms with Gasteiger partial charge in [0.2, 0.25) is 11.8 Å². The molecule has 6 nitrogen and oxygen atoms in total. The summed E-state index contributed by atoms with van der Waals surface area (Å²) in [5.74, 6) is 0.300. The van der Waals surface area contributed by atoms with Gasteiger partial charge in [-0.2, -0.15) is 0 Å². The van der Waals surface area contributed by atoms with E-state index in [1.165, 1.54) is 12.1 Å². The van der Waals surface area contributed by atoms with Crippen molar-refractivity contribution in [1.82, 2.24) is 10.2 Å². The van der Waals surface area contributed by atoms with Crippen LogP contribution in [0.4, 0.5) is 5.69 Å². The van der Waals surface area contributed by atoms with E-state index in [-0.39, 0.29) is 15.7 Å². The maximum atomic E-state index is 10.9. The first kappa shape index (κ1) is 16.4. The molecule has 2 aromatic carbocycles. The third kappa shape index (κ3) is 3.11. The average Bonchev–Trinajstić information content (AvgIpc) is 3.04. The van der Waals surface area contributed by atoms with E-state index < -0.39 is 10.8 Å². The minimum Gasteiger partial charge on any atom is -0.420 e. The van der Waals surface area contributed by atoms with Crippen LogP contribution in [-0.2, 0) is 0 Å². The molecule has 0 saturated heterocycles. The number of hydrogen-bond donors (Lipinski definition) is 0. The summed E-state index contributed by atoms with van der Waals surface area (Å²) in [6.07, 6.45) is 0. The molecular weight excluding hydrogens is 353 g/mol. The number of halogens is 2. The molecule has 8 heteroatoms. The fourth-order valence-electron chi connectivity index (χ4n) is 2.32. The van der Waals surface area contributed by atoms with E-state index in [9.17, 15) is 10.1 Å². The number of hydrogen-bond acceptors (Lipinski definition) is 5. The number of nitrogens with zero attached hydrogens (tertiary/aromatic N) is 3. The number of benzene rings is 2. The first-order valence-corrected chi connectivity index (χ1v) is 7.75. The van der Waals surface area contributed by atoms with Gasteiger partial charge in [-0.05, 0) is 19.1 Å². The molecule has 0 radical (unpaired) electrons. The molecular formula is C16H11Cl2N3O3. The lowest BCUT2D eigenvalue weighted by atomic mass is 10.0. The zero-order valence-corrected chi connectivity index (χ0v) is 14.0. The van der Waals surface area contributed by atoms with E-state index in [1.807, 2.05) is 30.3 Å². The number of rotatable bonds is 4.